The predicted molar refractivity (Wildman–Crippen MR) is 41.2 cm³/mol. The summed E-state index contributed by atoms with van der Waals surface area (Å²) in [5.74, 6) is 0. The second kappa shape index (κ2) is 2.02. The Kier molecular flexibility index (Phi) is 1.15. The number of hydrogen-bond acceptors (Lipinski definition) is 3. The van der Waals surface area contributed by atoms with Gasteiger partial charge in [-0.2, -0.15) is 10.2 Å². The van der Waals surface area contributed by atoms with E-state index in [1.165, 1.54) is 0 Å². The van der Waals surface area contributed by atoms with Crippen molar-refractivity contribution < 1.29 is 0 Å². The van der Waals surface area contributed by atoms with Crippen molar-refractivity contribution in [3.05, 3.63) is 17.7 Å². The van der Waals surface area contributed by atoms with Crippen LogP contribution in [0.3, 0.4) is 0 Å². The van der Waals surface area contributed by atoms with E-state index in [4.69, 9.17) is 0 Å². The smallest absolute Gasteiger partial charge is 0.113 e. The molecule has 0 bridgehead atoms. The summed E-state index contributed by atoms with van der Waals surface area (Å²) < 4.78 is 0. The fourth-order valence-electron chi connectivity index (χ4n) is 1.09. The van der Waals surface area contributed by atoms with E-state index < -0.39 is 0 Å². The van der Waals surface area contributed by atoms with Gasteiger partial charge in [-0.05, 0) is 13.8 Å². The highest BCUT2D eigenvalue weighted by atomic mass is 15.1. The van der Waals surface area contributed by atoms with Crippen molar-refractivity contribution in [1.82, 2.24) is 20.2 Å². The summed E-state index contributed by atoms with van der Waals surface area (Å²) in [6, 6.07) is 0. The first-order valence-corrected chi connectivity index (χ1v) is 3.42. The molecule has 0 radical (unpaired) electrons. The minimum atomic E-state index is 0.867. The topological polar surface area (TPSA) is 54.5 Å². The molecule has 0 aliphatic heterocycles. The Morgan fingerprint density at radius 1 is 1.18 bits per heavy atom. The van der Waals surface area contributed by atoms with Crippen molar-refractivity contribution in [1.29, 1.82) is 0 Å². The zero-order chi connectivity index (χ0) is 7.84. The number of nitrogens with zero attached hydrogens (tertiary/aromatic N) is 3. The van der Waals surface area contributed by atoms with Crippen LogP contribution in [-0.4, -0.2) is 20.2 Å². The molecule has 0 saturated carbocycles. The first-order chi connectivity index (χ1) is 5.29. The summed E-state index contributed by atoms with van der Waals surface area (Å²) in [6.45, 7) is 3.81. The Hall–Kier alpha value is -1.45. The normalized spacial score (nSPS) is 10.7. The maximum Gasteiger partial charge on any atom is 0.113 e. The highest BCUT2D eigenvalue weighted by Crippen LogP contribution is 2.12. The van der Waals surface area contributed by atoms with Gasteiger partial charge < -0.3 is 4.98 Å². The lowest BCUT2D eigenvalue weighted by atomic mass is 10.3. The first-order valence-electron chi connectivity index (χ1n) is 3.42. The maximum atomic E-state index is 4.12. The molecule has 0 unspecified atom stereocenters. The Bertz CT molecular complexity index is 354. The summed E-state index contributed by atoms with van der Waals surface area (Å²) in [5, 5.41) is 7.90. The van der Waals surface area contributed by atoms with E-state index in [0.29, 0.717) is 0 Å². The molecule has 11 heavy (non-hydrogen) atoms. The molecule has 0 spiro atoms. The number of aromatic nitrogens is 4. The van der Waals surface area contributed by atoms with Gasteiger partial charge in [-0.1, -0.05) is 0 Å². The molecular formula is C7H8N4. The van der Waals surface area contributed by atoms with E-state index in [1.807, 2.05) is 13.8 Å². The maximum absolute atomic E-state index is 4.12. The lowest BCUT2D eigenvalue weighted by molar-refractivity contribution is 0.959. The summed E-state index contributed by atoms with van der Waals surface area (Å²) in [4.78, 5) is 7.14. The van der Waals surface area contributed by atoms with E-state index in [2.05, 4.69) is 20.2 Å². The minimum absolute atomic E-state index is 0.867. The number of imidazole rings is 1. The molecule has 0 atom stereocenters. The zero-order valence-electron chi connectivity index (χ0n) is 6.42. The van der Waals surface area contributed by atoms with Gasteiger partial charge in [0.2, 0.25) is 0 Å². The molecule has 0 saturated heterocycles. The largest absolute Gasteiger partial charge is 0.343 e. The van der Waals surface area contributed by atoms with Gasteiger partial charge in [0, 0.05) is 0 Å². The van der Waals surface area contributed by atoms with Crippen molar-refractivity contribution in [2.45, 2.75) is 13.8 Å². The van der Waals surface area contributed by atoms with Crippen molar-refractivity contribution in [3.63, 3.8) is 0 Å². The average molecular weight is 148 g/mol. The lowest BCUT2D eigenvalue weighted by Gasteiger charge is -1.94. The fourth-order valence-corrected chi connectivity index (χ4v) is 1.09. The van der Waals surface area contributed by atoms with Gasteiger partial charge in [-0.15, -0.1) is 0 Å². The number of nitrogens with one attached hydrogen (secondary N) is 1. The lowest BCUT2D eigenvalue weighted by Crippen LogP contribution is -1.91. The van der Waals surface area contributed by atoms with Crippen LogP contribution in [0, 0.1) is 13.8 Å². The standard InChI is InChI=1S/C7H8N4/c1-4-6-7(9-3-8-6)5(2)11-10-4/h3H,1-2H3,(H,8,9). The SMILES string of the molecule is Cc1nnc(C)c2[nH]cnc12. The van der Waals surface area contributed by atoms with Crippen molar-refractivity contribution in [2.24, 2.45) is 0 Å². The Labute approximate surface area is 63.7 Å². The van der Waals surface area contributed by atoms with Crippen molar-refractivity contribution in [3.8, 4) is 0 Å². The molecule has 0 fully saturated rings. The van der Waals surface area contributed by atoms with Crippen LogP contribution in [0.15, 0.2) is 6.33 Å². The minimum Gasteiger partial charge on any atom is -0.343 e. The van der Waals surface area contributed by atoms with Crippen molar-refractivity contribution in [2.75, 3.05) is 0 Å². The van der Waals surface area contributed by atoms with Crippen LogP contribution in [0.2, 0.25) is 0 Å². The molecular weight excluding hydrogens is 140 g/mol. The quantitative estimate of drug-likeness (QED) is 0.605. The average Bonchev–Trinajstić information content (AvgIpc) is 2.45. The van der Waals surface area contributed by atoms with Crippen LogP contribution in [0.25, 0.3) is 11.0 Å². The van der Waals surface area contributed by atoms with E-state index in [1.54, 1.807) is 6.33 Å². The third-order valence-electron chi connectivity index (χ3n) is 1.69. The fraction of sp³-hybridized carbons (Fsp3) is 0.286. The van der Waals surface area contributed by atoms with Gasteiger partial charge in [-0.25, -0.2) is 4.98 Å². The second-order valence-electron chi connectivity index (χ2n) is 2.50. The number of H-pyrrole nitrogens is 1. The highest BCUT2D eigenvalue weighted by Gasteiger charge is 2.03. The van der Waals surface area contributed by atoms with Gasteiger partial charge in [0.15, 0.2) is 0 Å². The van der Waals surface area contributed by atoms with Crippen molar-refractivity contribution >= 4 is 11.0 Å². The summed E-state index contributed by atoms with van der Waals surface area (Å²) in [5.41, 5.74) is 3.66. The van der Waals surface area contributed by atoms with Crippen LogP contribution < -0.4 is 0 Å². The molecule has 1 N–H and O–H groups in total. The van der Waals surface area contributed by atoms with Crippen LogP contribution in [0.1, 0.15) is 11.4 Å². The van der Waals surface area contributed by atoms with Gasteiger partial charge in [0.05, 0.1) is 23.2 Å². The van der Waals surface area contributed by atoms with Gasteiger partial charge in [-0.3, -0.25) is 0 Å². The van der Waals surface area contributed by atoms with E-state index in [0.717, 1.165) is 22.4 Å². The Balaban J connectivity index is 2.96. The number of aromatic amines is 1. The number of hydrogen-bond donors (Lipinski definition) is 1. The molecule has 0 aromatic carbocycles. The summed E-state index contributed by atoms with van der Waals surface area (Å²) >= 11 is 0. The number of rotatable bonds is 0. The third-order valence-corrected chi connectivity index (χ3v) is 1.69. The van der Waals surface area contributed by atoms with Gasteiger partial charge in [0.1, 0.15) is 5.52 Å². The van der Waals surface area contributed by atoms with Crippen LogP contribution in [-0.2, 0) is 0 Å². The van der Waals surface area contributed by atoms with Crippen LogP contribution in [0.4, 0.5) is 0 Å². The van der Waals surface area contributed by atoms with E-state index in [-0.39, 0.29) is 0 Å². The molecule has 2 heterocycles. The molecule has 2 rings (SSSR count). The summed E-state index contributed by atoms with van der Waals surface area (Å²) in [7, 11) is 0. The Morgan fingerprint density at radius 2 is 1.91 bits per heavy atom. The van der Waals surface area contributed by atoms with E-state index >= 15 is 0 Å². The molecule has 2 aromatic heterocycles. The van der Waals surface area contributed by atoms with Gasteiger partial charge >= 0.3 is 0 Å². The van der Waals surface area contributed by atoms with E-state index in [9.17, 15) is 0 Å². The highest BCUT2D eigenvalue weighted by molar-refractivity contribution is 5.77. The van der Waals surface area contributed by atoms with Gasteiger partial charge in [0.25, 0.3) is 0 Å². The second-order valence-corrected chi connectivity index (χ2v) is 2.50. The molecule has 56 valence electrons. The third kappa shape index (κ3) is 0.790. The van der Waals surface area contributed by atoms with Crippen LogP contribution >= 0.6 is 0 Å². The molecule has 0 aliphatic rings. The first kappa shape index (κ1) is 6.27. The molecule has 4 heteroatoms. The number of fused-ring (bicyclic) bond motifs is 1. The number of aryl methyl sites for hydroxylation is 2. The zero-order valence-corrected chi connectivity index (χ0v) is 6.42. The predicted octanol–water partition coefficient (Wildman–Crippen LogP) is 0.970. The molecule has 4 nitrogen and oxygen atoms in total. The molecule has 0 aliphatic carbocycles. The molecule has 2 aromatic rings. The monoisotopic (exact) mass is 148 g/mol. The summed E-state index contributed by atoms with van der Waals surface area (Å²) in [6.07, 6.45) is 1.66. The van der Waals surface area contributed by atoms with Crippen LogP contribution in [0.5, 0.6) is 0 Å². The molecule has 0 amide bonds. The Morgan fingerprint density at radius 3 is 2.64 bits per heavy atom.